The van der Waals surface area contributed by atoms with Crippen molar-refractivity contribution in [3.8, 4) is 0 Å². The van der Waals surface area contributed by atoms with Crippen LogP contribution in [0.3, 0.4) is 0 Å². The Kier molecular flexibility index (Phi) is 4.17. The second-order valence-corrected chi connectivity index (χ2v) is 4.38. The number of pyridine rings is 1. The Labute approximate surface area is 97.9 Å². The molecule has 2 heterocycles. The van der Waals surface area contributed by atoms with Gasteiger partial charge < -0.3 is 10.2 Å². The zero-order valence-corrected chi connectivity index (χ0v) is 10.1. The van der Waals surface area contributed by atoms with E-state index in [0.29, 0.717) is 0 Å². The molecule has 1 saturated heterocycles. The van der Waals surface area contributed by atoms with E-state index in [1.54, 1.807) is 0 Å². The van der Waals surface area contributed by atoms with E-state index < -0.39 is 0 Å². The lowest BCUT2D eigenvalue weighted by Crippen LogP contribution is -2.26. The van der Waals surface area contributed by atoms with Gasteiger partial charge in [0.05, 0.1) is 0 Å². The molecule has 1 fully saturated rings. The number of hydrogen-bond acceptors (Lipinski definition) is 3. The predicted octanol–water partition coefficient (Wildman–Crippen LogP) is 2.15. The molecule has 1 N–H and O–H groups in total. The fourth-order valence-corrected chi connectivity index (χ4v) is 2.09. The van der Waals surface area contributed by atoms with Gasteiger partial charge in [-0.25, -0.2) is 4.98 Å². The van der Waals surface area contributed by atoms with Crippen molar-refractivity contribution in [1.29, 1.82) is 0 Å². The fraction of sp³-hybridized carbons (Fsp3) is 0.615. The summed E-state index contributed by atoms with van der Waals surface area (Å²) in [6.07, 6.45) is 5.74. The summed E-state index contributed by atoms with van der Waals surface area (Å²) >= 11 is 0. The number of hydrogen-bond donors (Lipinski definition) is 1. The van der Waals surface area contributed by atoms with Crippen LogP contribution >= 0.6 is 0 Å². The number of likely N-dealkylation sites (tertiary alicyclic amines) is 1. The number of nitrogens with zero attached hydrogens (tertiary/aromatic N) is 2. The Balaban J connectivity index is 1.71. The molecule has 1 aromatic rings. The number of aromatic nitrogens is 1. The first kappa shape index (κ1) is 11.4. The fourth-order valence-electron chi connectivity index (χ4n) is 2.09. The van der Waals surface area contributed by atoms with Gasteiger partial charge in [0.2, 0.25) is 0 Å². The summed E-state index contributed by atoms with van der Waals surface area (Å²) in [6, 6.07) is 4.22. The highest BCUT2D eigenvalue weighted by Gasteiger charge is 2.10. The van der Waals surface area contributed by atoms with Crippen LogP contribution in [0.2, 0.25) is 0 Å². The zero-order chi connectivity index (χ0) is 11.2. The monoisotopic (exact) mass is 219 g/mol. The molecular weight excluding hydrogens is 198 g/mol. The number of aryl methyl sites for hydroxylation is 1. The van der Waals surface area contributed by atoms with Crippen LogP contribution in [-0.4, -0.2) is 36.1 Å². The number of anilines is 1. The molecule has 88 valence electrons. The first-order chi connectivity index (χ1) is 7.88. The van der Waals surface area contributed by atoms with Crippen molar-refractivity contribution in [3.05, 3.63) is 23.9 Å². The quantitative estimate of drug-likeness (QED) is 0.822. The van der Waals surface area contributed by atoms with Gasteiger partial charge in [-0.3, -0.25) is 0 Å². The normalized spacial score (nSPS) is 16.6. The maximum absolute atomic E-state index is 4.38. The standard InChI is InChI=1S/C13H21N3/c1-2-12-5-6-13(15-11-12)14-7-10-16-8-3-4-9-16/h5-6,11H,2-4,7-10H2,1H3,(H,14,15). The van der Waals surface area contributed by atoms with Crippen LogP contribution < -0.4 is 5.32 Å². The molecule has 0 spiro atoms. The van der Waals surface area contributed by atoms with Crippen LogP contribution in [0.4, 0.5) is 5.82 Å². The molecule has 0 bridgehead atoms. The average Bonchev–Trinajstić information content (AvgIpc) is 2.83. The highest BCUT2D eigenvalue weighted by atomic mass is 15.2. The molecule has 0 aliphatic carbocycles. The lowest BCUT2D eigenvalue weighted by Gasteiger charge is -2.14. The topological polar surface area (TPSA) is 28.2 Å². The van der Waals surface area contributed by atoms with Gasteiger partial charge in [-0.15, -0.1) is 0 Å². The highest BCUT2D eigenvalue weighted by Crippen LogP contribution is 2.08. The van der Waals surface area contributed by atoms with Crippen LogP contribution in [0.15, 0.2) is 18.3 Å². The van der Waals surface area contributed by atoms with Crippen molar-refractivity contribution < 1.29 is 0 Å². The third kappa shape index (κ3) is 3.20. The molecule has 0 radical (unpaired) electrons. The first-order valence-corrected chi connectivity index (χ1v) is 6.29. The molecule has 0 aromatic carbocycles. The average molecular weight is 219 g/mol. The Hall–Kier alpha value is -1.09. The predicted molar refractivity (Wildman–Crippen MR) is 67.8 cm³/mol. The number of nitrogens with one attached hydrogen (secondary N) is 1. The minimum absolute atomic E-state index is 0.997. The molecule has 0 amide bonds. The minimum Gasteiger partial charge on any atom is -0.369 e. The van der Waals surface area contributed by atoms with Crippen molar-refractivity contribution in [2.24, 2.45) is 0 Å². The van der Waals surface area contributed by atoms with Crippen LogP contribution in [0.5, 0.6) is 0 Å². The van der Waals surface area contributed by atoms with E-state index in [1.807, 2.05) is 6.20 Å². The summed E-state index contributed by atoms with van der Waals surface area (Å²) < 4.78 is 0. The van der Waals surface area contributed by atoms with Gasteiger partial charge in [0.15, 0.2) is 0 Å². The van der Waals surface area contributed by atoms with Crippen LogP contribution in [0.25, 0.3) is 0 Å². The molecule has 0 saturated carbocycles. The van der Waals surface area contributed by atoms with Crippen molar-refractivity contribution in [2.45, 2.75) is 26.2 Å². The van der Waals surface area contributed by atoms with E-state index in [9.17, 15) is 0 Å². The van der Waals surface area contributed by atoms with Gasteiger partial charge in [0, 0.05) is 19.3 Å². The summed E-state index contributed by atoms with van der Waals surface area (Å²) in [4.78, 5) is 6.89. The maximum Gasteiger partial charge on any atom is 0.125 e. The third-order valence-corrected chi connectivity index (χ3v) is 3.17. The molecule has 3 nitrogen and oxygen atoms in total. The lowest BCUT2D eigenvalue weighted by molar-refractivity contribution is 0.352. The van der Waals surface area contributed by atoms with Crippen LogP contribution in [0.1, 0.15) is 25.3 Å². The summed E-state index contributed by atoms with van der Waals surface area (Å²) in [7, 11) is 0. The molecule has 1 aromatic heterocycles. The van der Waals surface area contributed by atoms with E-state index in [0.717, 1.165) is 25.3 Å². The molecule has 0 unspecified atom stereocenters. The molecule has 1 aliphatic rings. The molecule has 0 atom stereocenters. The minimum atomic E-state index is 0.997. The van der Waals surface area contributed by atoms with Gasteiger partial charge in [0.1, 0.15) is 5.82 Å². The van der Waals surface area contributed by atoms with Gasteiger partial charge >= 0.3 is 0 Å². The van der Waals surface area contributed by atoms with Gasteiger partial charge in [-0.05, 0) is 44.0 Å². The van der Waals surface area contributed by atoms with E-state index >= 15 is 0 Å². The Morgan fingerprint density at radius 3 is 2.75 bits per heavy atom. The van der Waals surface area contributed by atoms with E-state index in [-0.39, 0.29) is 0 Å². The summed E-state index contributed by atoms with van der Waals surface area (Å²) in [5, 5.41) is 3.37. The van der Waals surface area contributed by atoms with Crippen molar-refractivity contribution in [3.63, 3.8) is 0 Å². The molecular formula is C13H21N3. The van der Waals surface area contributed by atoms with E-state index in [4.69, 9.17) is 0 Å². The third-order valence-electron chi connectivity index (χ3n) is 3.17. The second kappa shape index (κ2) is 5.85. The van der Waals surface area contributed by atoms with Gasteiger partial charge in [-0.1, -0.05) is 13.0 Å². The summed E-state index contributed by atoms with van der Waals surface area (Å²) in [5.74, 6) is 0.997. The van der Waals surface area contributed by atoms with Crippen LogP contribution in [-0.2, 0) is 6.42 Å². The molecule has 16 heavy (non-hydrogen) atoms. The lowest BCUT2D eigenvalue weighted by atomic mass is 10.2. The van der Waals surface area contributed by atoms with Gasteiger partial charge in [-0.2, -0.15) is 0 Å². The van der Waals surface area contributed by atoms with E-state index in [2.05, 4.69) is 34.3 Å². The van der Waals surface area contributed by atoms with Gasteiger partial charge in [0.25, 0.3) is 0 Å². The molecule has 3 heteroatoms. The van der Waals surface area contributed by atoms with Crippen LogP contribution in [0, 0.1) is 0 Å². The smallest absolute Gasteiger partial charge is 0.125 e. The zero-order valence-electron chi connectivity index (χ0n) is 10.1. The molecule has 2 rings (SSSR count). The molecule has 1 aliphatic heterocycles. The maximum atomic E-state index is 4.38. The largest absolute Gasteiger partial charge is 0.369 e. The SMILES string of the molecule is CCc1ccc(NCCN2CCCC2)nc1. The first-order valence-electron chi connectivity index (χ1n) is 6.29. The second-order valence-electron chi connectivity index (χ2n) is 4.38. The van der Waals surface area contributed by atoms with Crippen molar-refractivity contribution in [1.82, 2.24) is 9.88 Å². The number of rotatable bonds is 5. The van der Waals surface area contributed by atoms with E-state index in [1.165, 1.54) is 31.5 Å². The Morgan fingerprint density at radius 2 is 2.12 bits per heavy atom. The Morgan fingerprint density at radius 1 is 1.31 bits per heavy atom. The summed E-state index contributed by atoms with van der Waals surface area (Å²) in [5.41, 5.74) is 1.30. The highest BCUT2D eigenvalue weighted by molar-refractivity contribution is 5.35. The Bertz CT molecular complexity index is 301. The van der Waals surface area contributed by atoms with Crippen molar-refractivity contribution in [2.75, 3.05) is 31.5 Å². The summed E-state index contributed by atoms with van der Waals surface area (Å²) in [6.45, 7) is 6.82. The van der Waals surface area contributed by atoms with Crippen molar-refractivity contribution >= 4 is 5.82 Å².